The van der Waals surface area contributed by atoms with E-state index < -0.39 is 0 Å². The lowest BCUT2D eigenvalue weighted by Crippen LogP contribution is -2.47. The molecule has 3 heteroatoms. The second kappa shape index (κ2) is 8.04. The maximum absolute atomic E-state index is 5.23. The summed E-state index contributed by atoms with van der Waals surface area (Å²) in [5, 5.41) is 3.55. The van der Waals surface area contributed by atoms with E-state index in [-0.39, 0.29) is 0 Å². The summed E-state index contributed by atoms with van der Waals surface area (Å²) in [5.74, 6) is 0. The quantitative estimate of drug-likeness (QED) is 0.751. The highest BCUT2D eigenvalue weighted by molar-refractivity contribution is 4.80. The number of nitrogens with zero attached hydrogens (tertiary/aromatic N) is 1. The fraction of sp³-hybridized carbons (Fsp3) is 1.00. The Kier molecular flexibility index (Phi) is 7.01. The molecule has 1 heterocycles. The molecule has 0 bridgehead atoms. The predicted octanol–water partition coefficient (Wildman–Crippen LogP) is 1.88. The Morgan fingerprint density at radius 2 is 2.25 bits per heavy atom. The maximum Gasteiger partial charge on any atom is 0.0589 e. The monoisotopic (exact) mass is 228 g/mol. The lowest BCUT2D eigenvalue weighted by Gasteiger charge is -2.35. The number of ether oxygens (including phenoxy) is 1. The van der Waals surface area contributed by atoms with E-state index in [0.717, 1.165) is 19.7 Å². The van der Waals surface area contributed by atoms with Gasteiger partial charge in [0.25, 0.3) is 0 Å². The molecule has 1 aliphatic rings. The molecule has 0 amide bonds. The second-order valence-corrected chi connectivity index (χ2v) is 4.84. The lowest BCUT2D eigenvalue weighted by molar-refractivity contribution is 0.0853. The minimum atomic E-state index is 0.667. The summed E-state index contributed by atoms with van der Waals surface area (Å²) in [6, 6.07) is 1.37. The smallest absolute Gasteiger partial charge is 0.0589 e. The minimum Gasteiger partial charge on any atom is -0.383 e. The van der Waals surface area contributed by atoms with Gasteiger partial charge in [-0.15, -0.1) is 0 Å². The van der Waals surface area contributed by atoms with Gasteiger partial charge in [-0.2, -0.15) is 0 Å². The van der Waals surface area contributed by atoms with Crippen LogP contribution in [0.2, 0.25) is 0 Å². The molecule has 0 aromatic heterocycles. The molecule has 1 rings (SSSR count). The van der Waals surface area contributed by atoms with Crippen LogP contribution in [0.4, 0.5) is 0 Å². The lowest BCUT2D eigenvalue weighted by atomic mass is 10.1. The first kappa shape index (κ1) is 13.9. The topological polar surface area (TPSA) is 24.5 Å². The molecule has 0 saturated carbocycles. The molecule has 2 atom stereocenters. The Morgan fingerprint density at radius 3 is 2.94 bits per heavy atom. The number of hydrogen-bond acceptors (Lipinski definition) is 3. The van der Waals surface area contributed by atoms with E-state index in [4.69, 9.17) is 4.74 Å². The van der Waals surface area contributed by atoms with Crippen LogP contribution >= 0.6 is 0 Å². The maximum atomic E-state index is 5.23. The fourth-order valence-electron chi connectivity index (χ4n) is 2.48. The van der Waals surface area contributed by atoms with Crippen LogP contribution in [0.25, 0.3) is 0 Å². The van der Waals surface area contributed by atoms with Gasteiger partial charge in [0.15, 0.2) is 0 Å². The molecule has 0 aliphatic carbocycles. The Balaban J connectivity index is 2.50. The first-order valence-electron chi connectivity index (χ1n) is 6.75. The van der Waals surface area contributed by atoms with Gasteiger partial charge in [-0.05, 0) is 32.7 Å². The van der Waals surface area contributed by atoms with Gasteiger partial charge in [0.05, 0.1) is 6.61 Å². The molecule has 96 valence electrons. The molecule has 0 aromatic rings. The van der Waals surface area contributed by atoms with Crippen LogP contribution in [0.3, 0.4) is 0 Å². The first-order valence-corrected chi connectivity index (χ1v) is 6.75. The van der Waals surface area contributed by atoms with E-state index in [1.807, 2.05) is 0 Å². The van der Waals surface area contributed by atoms with Gasteiger partial charge >= 0.3 is 0 Å². The van der Waals surface area contributed by atoms with Crippen molar-refractivity contribution in [1.29, 1.82) is 0 Å². The summed E-state index contributed by atoms with van der Waals surface area (Å²) in [5.41, 5.74) is 0. The highest BCUT2D eigenvalue weighted by Gasteiger charge is 2.22. The molecule has 1 fully saturated rings. The average Bonchev–Trinajstić information content (AvgIpc) is 2.58. The van der Waals surface area contributed by atoms with Gasteiger partial charge in [-0.3, -0.25) is 4.90 Å². The third-order valence-electron chi connectivity index (χ3n) is 3.70. The van der Waals surface area contributed by atoms with Crippen molar-refractivity contribution in [3.05, 3.63) is 0 Å². The van der Waals surface area contributed by atoms with Crippen molar-refractivity contribution in [1.82, 2.24) is 10.2 Å². The normalized spacial score (nSPS) is 24.4. The van der Waals surface area contributed by atoms with Crippen LogP contribution in [0.1, 0.15) is 39.5 Å². The Labute approximate surface area is 101 Å². The van der Waals surface area contributed by atoms with Crippen LogP contribution in [0.5, 0.6) is 0 Å². The SMILES string of the molecule is CCC(C)N(CCOC)C1CCCCNC1. The van der Waals surface area contributed by atoms with Crippen LogP contribution in [-0.4, -0.2) is 50.3 Å². The van der Waals surface area contributed by atoms with Crippen LogP contribution < -0.4 is 5.32 Å². The van der Waals surface area contributed by atoms with Crippen molar-refractivity contribution < 1.29 is 4.74 Å². The van der Waals surface area contributed by atoms with Crippen molar-refractivity contribution >= 4 is 0 Å². The fourth-order valence-corrected chi connectivity index (χ4v) is 2.48. The van der Waals surface area contributed by atoms with Crippen molar-refractivity contribution in [2.24, 2.45) is 0 Å². The van der Waals surface area contributed by atoms with Gasteiger partial charge in [-0.1, -0.05) is 13.3 Å². The third-order valence-corrected chi connectivity index (χ3v) is 3.70. The summed E-state index contributed by atoms with van der Waals surface area (Å²) < 4.78 is 5.23. The van der Waals surface area contributed by atoms with E-state index in [0.29, 0.717) is 12.1 Å². The van der Waals surface area contributed by atoms with Gasteiger partial charge in [-0.25, -0.2) is 0 Å². The second-order valence-electron chi connectivity index (χ2n) is 4.84. The summed E-state index contributed by atoms with van der Waals surface area (Å²) in [7, 11) is 1.79. The Hall–Kier alpha value is -0.120. The zero-order chi connectivity index (χ0) is 11.8. The first-order chi connectivity index (χ1) is 7.79. The van der Waals surface area contributed by atoms with E-state index in [2.05, 4.69) is 24.1 Å². The summed E-state index contributed by atoms with van der Waals surface area (Å²) >= 11 is 0. The molecule has 1 N–H and O–H groups in total. The molecule has 0 aromatic carbocycles. The van der Waals surface area contributed by atoms with Gasteiger partial charge < -0.3 is 10.1 Å². The molecule has 16 heavy (non-hydrogen) atoms. The van der Waals surface area contributed by atoms with Gasteiger partial charge in [0.1, 0.15) is 0 Å². The van der Waals surface area contributed by atoms with E-state index in [1.54, 1.807) is 7.11 Å². The molecule has 3 nitrogen and oxygen atoms in total. The molecule has 1 aliphatic heterocycles. The zero-order valence-corrected chi connectivity index (χ0v) is 11.2. The van der Waals surface area contributed by atoms with Crippen molar-refractivity contribution in [2.75, 3.05) is 33.4 Å². The molecular weight excluding hydrogens is 200 g/mol. The van der Waals surface area contributed by atoms with E-state index in [9.17, 15) is 0 Å². The number of rotatable bonds is 6. The van der Waals surface area contributed by atoms with Crippen LogP contribution in [-0.2, 0) is 4.74 Å². The molecule has 0 radical (unpaired) electrons. The molecule has 2 unspecified atom stereocenters. The number of nitrogens with one attached hydrogen (secondary N) is 1. The van der Waals surface area contributed by atoms with E-state index >= 15 is 0 Å². The van der Waals surface area contributed by atoms with Crippen molar-refractivity contribution in [2.45, 2.75) is 51.6 Å². The Morgan fingerprint density at radius 1 is 1.44 bits per heavy atom. The summed E-state index contributed by atoms with van der Waals surface area (Å²) in [6.45, 7) is 8.86. The third kappa shape index (κ3) is 4.40. The largest absolute Gasteiger partial charge is 0.383 e. The minimum absolute atomic E-state index is 0.667. The zero-order valence-electron chi connectivity index (χ0n) is 11.2. The van der Waals surface area contributed by atoms with Gasteiger partial charge in [0, 0.05) is 32.3 Å². The van der Waals surface area contributed by atoms with E-state index in [1.165, 1.54) is 32.2 Å². The summed E-state index contributed by atoms with van der Waals surface area (Å²) in [6.07, 6.45) is 5.24. The van der Waals surface area contributed by atoms with Crippen LogP contribution in [0, 0.1) is 0 Å². The predicted molar refractivity (Wildman–Crippen MR) is 68.8 cm³/mol. The molecular formula is C13H28N2O. The van der Waals surface area contributed by atoms with Crippen molar-refractivity contribution in [3.8, 4) is 0 Å². The average molecular weight is 228 g/mol. The Bertz CT molecular complexity index is 167. The molecule has 1 saturated heterocycles. The molecule has 0 spiro atoms. The number of methoxy groups -OCH3 is 1. The van der Waals surface area contributed by atoms with Crippen LogP contribution in [0.15, 0.2) is 0 Å². The standard InChI is InChI=1S/C13H28N2O/c1-4-12(2)15(9-10-16-3)13-7-5-6-8-14-11-13/h12-14H,4-11H2,1-3H3. The van der Waals surface area contributed by atoms with Gasteiger partial charge in [0.2, 0.25) is 0 Å². The highest BCUT2D eigenvalue weighted by Crippen LogP contribution is 2.15. The van der Waals surface area contributed by atoms with Crippen molar-refractivity contribution in [3.63, 3.8) is 0 Å². The number of hydrogen-bond donors (Lipinski definition) is 1. The summed E-state index contributed by atoms with van der Waals surface area (Å²) in [4.78, 5) is 2.63. The highest BCUT2D eigenvalue weighted by atomic mass is 16.5.